The summed E-state index contributed by atoms with van der Waals surface area (Å²) in [6.07, 6.45) is 0.0683. The molecule has 4 heteroatoms. The summed E-state index contributed by atoms with van der Waals surface area (Å²) < 4.78 is 8.85. The molecule has 0 aromatic heterocycles. The van der Waals surface area contributed by atoms with Gasteiger partial charge in [0.1, 0.15) is 6.61 Å². The van der Waals surface area contributed by atoms with Crippen LogP contribution in [0.3, 0.4) is 0 Å². The van der Waals surface area contributed by atoms with Gasteiger partial charge in [-0.2, -0.15) is 0 Å². The number of ether oxygens (including phenoxy) is 1. The Morgan fingerprint density at radius 3 is 2.88 bits per heavy atom. The molecular weight excluding hydrogens is 107 g/mol. The lowest BCUT2D eigenvalue weighted by Gasteiger charge is -1.99. The lowest BCUT2D eigenvalue weighted by molar-refractivity contribution is -0.137. The minimum absolute atomic E-state index is 0.220. The van der Waals surface area contributed by atoms with Crippen molar-refractivity contribution in [2.75, 3.05) is 6.61 Å². The van der Waals surface area contributed by atoms with Crippen molar-refractivity contribution in [2.45, 2.75) is 12.5 Å². The predicted molar refractivity (Wildman–Crippen MR) is 26.2 cm³/mol. The molecule has 0 amide bonds. The van der Waals surface area contributed by atoms with Gasteiger partial charge in [0.15, 0.2) is 0 Å². The maximum Gasteiger partial charge on any atom is 0.308 e. The van der Waals surface area contributed by atoms with E-state index in [9.17, 15) is 4.79 Å². The largest absolute Gasteiger partial charge is 0.463 e. The summed E-state index contributed by atoms with van der Waals surface area (Å²) in [5.74, 6) is -0.236. The van der Waals surface area contributed by atoms with E-state index in [1.165, 1.54) is 0 Å². The van der Waals surface area contributed by atoms with E-state index in [0.717, 1.165) is 0 Å². The molecular formula is C4H5BO3. The first kappa shape index (κ1) is 5.63. The Labute approximate surface area is 48.4 Å². The molecule has 1 heterocycles. The number of rotatable bonds is 1. The summed E-state index contributed by atoms with van der Waals surface area (Å²) in [5.41, 5.74) is 0. The van der Waals surface area contributed by atoms with Crippen LogP contribution in [0.15, 0.2) is 0 Å². The van der Waals surface area contributed by atoms with E-state index in [-0.39, 0.29) is 18.5 Å². The number of hydrogen-bond donors (Lipinski definition) is 0. The number of esters is 1. The fourth-order valence-corrected chi connectivity index (χ4v) is 0.577. The van der Waals surface area contributed by atoms with Crippen LogP contribution in [0.25, 0.3) is 0 Å². The summed E-state index contributed by atoms with van der Waals surface area (Å²) in [7, 11) is 4.76. The smallest absolute Gasteiger partial charge is 0.308 e. The van der Waals surface area contributed by atoms with E-state index in [1.807, 2.05) is 0 Å². The Hall–Kier alpha value is -0.505. The van der Waals surface area contributed by atoms with Gasteiger partial charge in [-0.05, 0) is 0 Å². The second-order valence-electron chi connectivity index (χ2n) is 1.65. The van der Waals surface area contributed by atoms with Gasteiger partial charge in [0.05, 0.1) is 12.5 Å². The third-order valence-electron chi connectivity index (χ3n) is 1.02. The first-order valence-corrected chi connectivity index (χ1v) is 2.34. The van der Waals surface area contributed by atoms with Crippen LogP contribution >= 0.6 is 0 Å². The molecule has 1 saturated heterocycles. The zero-order chi connectivity index (χ0) is 5.98. The van der Waals surface area contributed by atoms with Crippen LogP contribution in [-0.4, -0.2) is 26.7 Å². The highest BCUT2D eigenvalue weighted by molar-refractivity contribution is 5.98. The quantitative estimate of drug-likeness (QED) is 0.335. The molecule has 1 aliphatic rings. The standard InChI is InChI=1S/C4H5BO3/c5-8-3-1-4(6)7-2-3/h3H,1-2H2/t3-/m0/s1. The fraction of sp³-hybridized carbons (Fsp3) is 0.750. The van der Waals surface area contributed by atoms with Gasteiger partial charge in [-0.1, -0.05) is 0 Å². The molecule has 0 N–H and O–H groups in total. The molecule has 0 saturated carbocycles. The highest BCUT2D eigenvalue weighted by Crippen LogP contribution is 2.07. The number of hydrogen-bond acceptors (Lipinski definition) is 3. The van der Waals surface area contributed by atoms with Gasteiger partial charge in [0.25, 0.3) is 8.05 Å². The van der Waals surface area contributed by atoms with Gasteiger partial charge in [0.2, 0.25) is 0 Å². The average Bonchev–Trinajstić information content (AvgIpc) is 2.14. The van der Waals surface area contributed by atoms with Gasteiger partial charge in [-0.3, -0.25) is 4.79 Å². The Morgan fingerprint density at radius 2 is 2.62 bits per heavy atom. The van der Waals surface area contributed by atoms with Crippen molar-refractivity contribution in [2.24, 2.45) is 0 Å². The van der Waals surface area contributed by atoms with Crippen molar-refractivity contribution in [3.63, 3.8) is 0 Å². The van der Waals surface area contributed by atoms with E-state index in [1.54, 1.807) is 0 Å². The third kappa shape index (κ3) is 1.01. The summed E-state index contributed by atoms with van der Waals surface area (Å²) >= 11 is 0. The summed E-state index contributed by atoms with van der Waals surface area (Å²) in [6, 6.07) is 0. The van der Waals surface area contributed by atoms with E-state index in [0.29, 0.717) is 6.61 Å². The van der Waals surface area contributed by atoms with Crippen molar-refractivity contribution in [3.05, 3.63) is 0 Å². The van der Waals surface area contributed by atoms with Crippen LogP contribution in [0.5, 0.6) is 0 Å². The molecule has 42 valence electrons. The second-order valence-corrected chi connectivity index (χ2v) is 1.65. The lowest BCUT2D eigenvalue weighted by Crippen LogP contribution is -2.09. The van der Waals surface area contributed by atoms with Crippen LogP contribution in [-0.2, 0) is 14.2 Å². The first-order valence-electron chi connectivity index (χ1n) is 2.34. The number of cyclic esters (lactones) is 1. The van der Waals surface area contributed by atoms with Gasteiger partial charge < -0.3 is 9.39 Å². The summed E-state index contributed by atoms with van der Waals surface area (Å²) in [4.78, 5) is 10.3. The molecule has 2 radical (unpaired) electrons. The second kappa shape index (κ2) is 2.18. The Kier molecular flexibility index (Phi) is 1.53. The molecule has 0 spiro atoms. The number of carbonyl (C=O) groups excluding carboxylic acids is 1. The van der Waals surface area contributed by atoms with Gasteiger partial charge >= 0.3 is 5.97 Å². The van der Waals surface area contributed by atoms with E-state index < -0.39 is 0 Å². The molecule has 1 aliphatic heterocycles. The predicted octanol–water partition coefficient (Wildman–Crippen LogP) is -0.598. The normalized spacial score (nSPS) is 28.0. The van der Waals surface area contributed by atoms with Crippen molar-refractivity contribution >= 4 is 14.0 Å². The first-order chi connectivity index (χ1) is 3.83. The van der Waals surface area contributed by atoms with Crippen LogP contribution in [0.4, 0.5) is 0 Å². The fourth-order valence-electron chi connectivity index (χ4n) is 0.577. The van der Waals surface area contributed by atoms with Crippen LogP contribution in [0.1, 0.15) is 6.42 Å². The maximum atomic E-state index is 10.3. The van der Waals surface area contributed by atoms with Crippen molar-refractivity contribution in [3.8, 4) is 0 Å². The topological polar surface area (TPSA) is 35.5 Å². The maximum absolute atomic E-state index is 10.3. The van der Waals surface area contributed by atoms with Gasteiger partial charge in [0, 0.05) is 0 Å². The molecule has 8 heavy (non-hydrogen) atoms. The molecule has 0 aromatic carbocycles. The SMILES string of the molecule is [B]O[C@@H]1COC(=O)C1. The van der Waals surface area contributed by atoms with Crippen molar-refractivity contribution < 1.29 is 14.2 Å². The monoisotopic (exact) mass is 112 g/mol. The molecule has 1 rings (SSSR count). The minimum atomic E-state index is -0.236. The molecule has 1 fully saturated rings. The summed E-state index contributed by atoms with van der Waals surface area (Å²) in [5, 5.41) is 0. The Balaban J connectivity index is 2.32. The van der Waals surface area contributed by atoms with E-state index in [2.05, 4.69) is 9.39 Å². The zero-order valence-electron chi connectivity index (χ0n) is 4.29. The molecule has 0 aromatic rings. The summed E-state index contributed by atoms with van der Waals surface area (Å²) in [6.45, 7) is 0.301. The van der Waals surface area contributed by atoms with Crippen LogP contribution in [0, 0.1) is 0 Å². The molecule has 0 bridgehead atoms. The van der Waals surface area contributed by atoms with Crippen LogP contribution < -0.4 is 0 Å². The highest BCUT2D eigenvalue weighted by atomic mass is 16.6. The van der Waals surface area contributed by atoms with Crippen molar-refractivity contribution in [1.82, 2.24) is 0 Å². The molecule has 3 nitrogen and oxygen atoms in total. The highest BCUT2D eigenvalue weighted by Gasteiger charge is 2.21. The zero-order valence-corrected chi connectivity index (χ0v) is 4.29. The van der Waals surface area contributed by atoms with Crippen LogP contribution in [0.2, 0.25) is 0 Å². The lowest BCUT2D eigenvalue weighted by atomic mass is 10.3. The minimum Gasteiger partial charge on any atom is -0.463 e. The van der Waals surface area contributed by atoms with Gasteiger partial charge in [-0.25, -0.2) is 0 Å². The molecule has 1 atom stereocenters. The van der Waals surface area contributed by atoms with Crippen molar-refractivity contribution in [1.29, 1.82) is 0 Å². The van der Waals surface area contributed by atoms with E-state index in [4.69, 9.17) is 8.05 Å². The Bertz CT molecular complexity index is 103. The molecule has 0 unspecified atom stereocenters. The third-order valence-corrected chi connectivity index (χ3v) is 1.02. The molecule has 0 aliphatic carbocycles. The van der Waals surface area contributed by atoms with Gasteiger partial charge in [-0.15, -0.1) is 0 Å². The Morgan fingerprint density at radius 1 is 1.88 bits per heavy atom. The average molecular weight is 112 g/mol. The number of carbonyl (C=O) groups is 1. The van der Waals surface area contributed by atoms with E-state index >= 15 is 0 Å².